The highest BCUT2D eigenvalue weighted by Crippen LogP contribution is 2.59. The molecular formula is C51H40N2O2. The van der Waals surface area contributed by atoms with E-state index >= 15 is 0 Å². The number of nitrogens with zero attached hydrogens (tertiary/aromatic N) is 2. The minimum Gasteiger partial charge on any atom is -0.453 e. The van der Waals surface area contributed by atoms with Crippen LogP contribution in [0, 0.1) is 0 Å². The quantitative estimate of drug-likeness (QED) is 0.160. The standard InChI is InChI=1S/C51H40N2O2/c1-3-27-51(28-4-2)41-14-6-5-13-39(41)40-31-50-46(32-42(40)51)53(45-17-9-12-20-49(45)55-50)36-24-26-38-34(30-36)22-21-33-29-35(23-25-37(33)38)52-43-15-7-10-18-47(43)54-48-19-11-8-16-44(48)52/h5-26,29-32H,3-4,27-28H2,1-2H3. The van der Waals surface area contributed by atoms with Crippen molar-refractivity contribution in [2.24, 2.45) is 0 Å². The van der Waals surface area contributed by atoms with Gasteiger partial charge < -0.3 is 19.3 Å². The lowest BCUT2D eigenvalue weighted by Crippen LogP contribution is -2.25. The van der Waals surface area contributed by atoms with E-state index < -0.39 is 0 Å². The summed E-state index contributed by atoms with van der Waals surface area (Å²) >= 11 is 0. The molecule has 0 spiro atoms. The van der Waals surface area contributed by atoms with E-state index in [0.29, 0.717) is 0 Å². The van der Waals surface area contributed by atoms with Crippen LogP contribution < -0.4 is 19.3 Å². The number of hydrogen-bond donors (Lipinski definition) is 0. The number of fused-ring (bicyclic) bond motifs is 10. The maximum atomic E-state index is 6.75. The van der Waals surface area contributed by atoms with Gasteiger partial charge in [0.05, 0.1) is 22.7 Å². The van der Waals surface area contributed by atoms with Crippen molar-refractivity contribution in [2.75, 3.05) is 9.80 Å². The Balaban J connectivity index is 1.04. The van der Waals surface area contributed by atoms with Crippen molar-refractivity contribution in [2.45, 2.75) is 44.9 Å². The summed E-state index contributed by atoms with van der Waals surface area (Å²) in [6, 6.07) is 57.0. The van der Waals surface area contributed by atoms with Crippen molar-refractivity contribution >= 4 is 55.7 Å². The SMILES string of the molecule is CCCC1(CCC)c2ccccc2-c2cc3c(cc21)N(c1ccc2c(ccc4cc(N5c6ccccc6Oc6ccccc65)ccc42)c1)c1ccccc1O3. The molecule has 3 aliphatic rings. The van der Waals surface area contributed by atoms with E-state index in [-0.39, 0.29) is 5.41 Å². The van der Waals surface area contributed by atoms with Gasteiger partial charge in [0, 0.05) is 16.8 Å². The minimum absolute atomic E-state index is 0.0143. The predicted octanol–water partition coefficient (Wildman–Crippen LogP) is 15.0. The van der Waals surface area contributed by atoms with Gasteiger partial charge >= 0.3 is 0 Å². The summed E-state index contributed by atoms with van der Waals surface area (Å²) in [6.45, 7) is 4.64. The molecule has 8 aromatic carbocycles. The lowest BCUT2D eigenvalue weighted by Gasteiger charge is -2.36. The van der Waals surface area contributed by atoms with Crippen molar-refractivity contribution in [3.05, 3.63) is 169 Å². The van der Waals surface area contributed by atoms with E-state index in [1.54, 1.807) is 0 Å². The van der Waals surface area contributed by atoms with Crippen LogP contribution in [0.3, 0.4) is 0 Å². The van der Waals surface area contributed by atoms with Gasteiger partial charge in [-0.25, -0.2) is 0 Å². The van der Waals surface area contributed by atoms with Gasteiger partial charge in [-0.15, -0.1) is 0 Å². The van der Waals surface area contributed by atoms with Crippen molar-refractivity contribution in [1.29, 1.82) is 0 Å². The minimum atomic E-state index is -0.0143. The summed E-state index contributed by atoms with van der Waals surface area (Å²) in [4.78, 5) is 4.72. The van der Waals surface area contributed by atoms with Crippen LogP contribution in [0.4, 0.5) is 34.1 Å². The third-order valence-electron chi connectivity index (χ3n) is 12.0. The average molecular weight is 713 g/mol. The zero-order valence-electron chi connectivity index (χ0n) is 31.1. The Labute approximate surface area is 321 Å². The number of hydrogen-bond acceptors (Lipinski definition) is 4. The fraction of sp³-hybridized carbons (Fsp3) is 0.137. The fourth-order valence-electron chi connectivity index (χ4n) is 9.80. The molecule has 0 saturated heterocycles. The molecule has 8 aromatic rings. The van der Waals surface area contributed by atoms with Gasteiger partial charge in [0.15, 0.2) is 23.0 Å². The van der Waals surface area contributed by atoms with Crippen molar-refractivity contribution in [1.82, 2.24) is 0 Å². The van der Waals surface area contributed by atoms with Crippen LogP contribution in [0.1, 0.15) is 50.7 Å². The predicted molar refractivity (Wildman–Crippen MR) is 227 cm³/mol. The lowest BCUT2D eigenvalue weighted by molar-refractivity contribution is 0.434. The summed E-state index contributed by atoms with van der Waals surface area (Å²) in [7, 11) is 0. The Bertz CT molecular complexity index is 2790. The van der Waals surface area contributed by atoms with E-state index in [1.807, 2.05) is 24.3 Å². The molecule has 0 amide bonds. The second-order valence-electron chi connectivity index (χ2n) is 15.1. The van der Waals surface area contributed by atoms with E-state index in [9.17, 15) is 0 Å². The van der Waals surface area contributed by atoms with Crippen LogP contribution in [0.15, 0.2) is 158 Å². The number of ether oxygens (including phenoxy) is 2. The van der Waals surface area contributed by atoms with E-state index in [0.717, 1.165) is 82.8 Å². The summed E-state index contributed by atoms with van der Waals surface area (Å²) in [5.41, 5.74) is 12.0. The first kappa shape index (κ1) is 32.0. The summed E-state index contributed by atoms with van der Waals surface area (Å²) < 4.78 is 13.0. The summed E-state index contributed by atoms with van der Waals surface area (Å²) in [5.74, 6) is 3.48. The highest BCUT2D eigenvalue weighted by Gasteiger charge is 2.43. The van der Waals surface area contributed by atoms with Gasteiger partial charge in [0.2, 0.25) is 0 Å². The Hall–Kier alpha value is -6.52. The third kappa shape index (κ3) is 4.70. The maximum absolute atomic E-state index is 6.75. The second kappa shape index (κ2) is 12.3. The summed E-state index contributed by atoms with van der Waals surface area (Å²) in [6.07, 6.45) is 4.49. The molecule has 4 heteroatoms. The molecule has 0 atom stereocenters. The van der Waals surface area contributed by atoms with Crippen LogP contribution in [-0.4, -0.2) is 0 Å². The molecule has 0 fully saturated rings. The van der Waals surface area contributed by atoms with Crippen LogP contribution in [-0.2, 0) is 5.41 Å². The molecule has 0 unspecified atom stereocenters. The highest BCUT2D eigenvalue weighted by molar-refractivity contribution is 6.10. The Kier molecular flexibility index (Phi) is 7.12. The Morgan fingerprint density at radius 2 is 0.909 bits per heavy atom. The Morgan fingerprint density at radius 3 is 1.47 bits per heavy atom. The number of rotatable bonds is 6. The molecule has 0 saturated carbocycles. The number of benzene rings is 8. The second-order valence-corrected chi connectivity index (χ2v) is 15.1. The average Bonchev–Trinajstić information content (AvgIpc) is 3.48. The van der Waals surface area contributed by atoms with Gasteiger partial charge in [0.1, 0.15) is 0 Å². The molecule has 2 aliphatic heterocycles. The van der Waals surface area contributed by atoms with Crippen molar-refractivity contribution in [3.8, 4) is 34.1 Å². The normalized spacial score (nSPS) is 14.3. The molecule has 11 rings (SSSR count). The molecule has 266 valence electrons. The molecule has 4 nitrogen and oxygen atoms in total. The van der Waals surface area contributed by atoms with E-state index in [1.165, 1.54) is 43.8 Å². The van der Waals surface area contributed by atoms with E-state index in [2.05, 4.69) is 157 Å². The van der Waals surface area contributed by atoms with Gasteiger partial charge in [-0.3, -0.25) is 0 Å². The maximum Gasteiger partial charge on any atom is 0.152 e. The van der Waals surface area contributed by atoms with Crippen LogP contribution in [0.25, 0.3) is 32.7 Å². The third-order valence-corrected chi connectivity index (χ3v) is 12.0. The molecule has 55 heavy (non-hydrogen) atoms. The largest absolute Gasteiger partial charge is 0.453 e. The van der Waals surface area contributed by atoms with Crippen molar-refractivity contribution in [3.63, 3.8) is 0 Å². The molecule has 0 N–H and O–H groups in total. The first-order valence-corrected chi connectivity index (χ1v) is 19.6. The lowest BCUT2D eigenvalue weighted by atomic mass is 9.71. The number of anilines is 6. The smallest absolute Gasteiger partial charge is 0.152 e. The molecule has 2 heterocycles. The van der Waals surface area contributed by atoms with Gasteiger partial charge in [-0.2, -0.15) is 0 Å². The highest BCUT2D eigenvalue weighted by atomic mass is 16.5. The molecule has 1 aliphatic carbocycles. The monoisotopic (exact) mass is 712 g/mol. The first-order valence-electron chi connectivity index (χ1n) is 19.6. The van der Waals surface area contributed by atoms with E-state index in [4.69, 9.17) is 9.47 Å². The van der Waals surface area contributed by atoms with Crippen molar-refractivity contribution < 1.29 is 9.47 Å². The molecular weight excluding hydrogens is 673 g/mol. The van der Waals surface area contributed by atoms with Crippen LogP contribution >= 0.6 is 0 Å². The molecule has 0 radical (unpaired) electrons. The molecule has 0 aromatic heterocycles. The fourth-order valence-corrected chi connectivity index (χ4v) is 9.80. The first-order chi connectivity index (χ1) is 27.1. The van der Waals surface area contributed by atoms with Gasteiger partial charge in [0.25, 0.3) is 0 Å². The topological polar surface area (TPSA) is 24.9 Å². The van der Waals surface area contributed by atoms with Gasteiger partial charge in [-0.1, -0.05) is 112 Å². The zero-order valence-corrected chi connectivity index (χ0v) is 31.1. The molecule has 0 bridgehead atoms. The Morgan fingerprint density at radius 1 is 0.418 bits per heavy atom. The van der Waals surface area contributed by atoms with Crippen LogP contribution in [0.5, 0.6) is 23.0 Å². The zero-order chi connectivity index (χ0) is 36.7. The summed E-state index contributed by atoms with van der Waals surface area (Å²) in [5, 5.41) is 4.85. The number of para-hydroxylation sites is 6. The van der Waals surface area contributed by atoms with Crippen LogP contribution in [0.2, 0.25) is 0 Å². The van der Waals surface area contributed by atoms with Gasteiger partial charge in [-0.05, 0) is 129 Å².